The summed E-state index contributed by atoms with van der Waals surface area (Å²) < 4.78 is 2.40. The Labute approximate surface area is 125 Å². The van der Waals surface area contributed by atoms with Crippen LogP contribution >= 0.6 is 35.3 Å². The van der Waals surface area contributed by atoms with Crippen molar-refractivity contribution < 1.29 is 0 Å². The molecule has 1 aliphatic rings. The maximum absolute atomic E-state index is 12.8. The highest BCUT2D eigenvalue weighted by Crippen LogP contribution is 2.29. The molecular weight excluding hydrogens is 296 g/mol. The summed E-state index contributed by atoms with van der Waals surface area (Å²) in [5.74, 6) is 2.23. The van der Waals surface area contributed by atoms with Gasteiger partial charge in [-0.25, -0.2) is 0 Å². The van der Waals surface area contributed by atoms with Gasteiger partial charge in [0.2, 0.25) is 0 Å². The van der Waals surface area contributed by atoms with E-state index in [0.717, 1.165) is 40.1 Å². The molecule has 0 radical (unpaired) electrons. The lowest BCUT2D eigenvalue weighted by Crippen LogP contribution is -2.28. The maximum atomic E-state index is 12.8. The molecule has 3 rings (SSSR count). The summed E-state index contributed by atoms with van der Waals surface area (Å²) in [4.78, 5) is 18.1. The first kappa shape index (κ1) is 13.4. The van der Waals surface area contributed by atoms with E-state index in [0.29, 0.717) is 4.77 Å². The van der Waals surface area contributed by atoms with Crippen molar-refractivity contribution >= 4 is 45.5 Å². The smallest absolute Gasteiger partial charge is 0.263 e. The van der Waals surface area contributed by atoms with E-state index in [4.69, 9.17) is 12.2 Å². The second kappa shape index (κ2) is 5.07. The number of nitrogens with one attached hydrogen (secondary N) is 1. The largest absolute Gasteiger partial charge is 0.323 e. The van der Waals surface area contributed by atoms with Gasteiger partial charge in [-0.2, -0.15) is 11.8 Å². The Morgan fingerprint density at radius 1 is 1.32 bits per heavy atom. The van der Waals surface area contributed by atoms with Gasteiger partial charge >= 0.3 is 0 Å². The molecule has 0 amide bonds. The summed E-state index contributed by atoms with van der Waals surface area (Å²) in [6.07, 6.45) is 2.07. The van der Waals surface area contributed by atoms with E-state index in [1.165, 1.54) is 4.88 Å². The number of aromatic amines is 1. The average molecular weight is 312 g/mol. The minimum Gasteiger partial charge on any atom is -0.323 e. The van der Waals surface area contributed by atoms with E-state index in [1.54, 1.807) is 11.3 Å². The van der Waals surface area contributed by atoms with E-state index in [2.05, 4.69) is 11.9 Å². The normalized spacial score (nSPS) is 17.2. The second-order valence-electron chi connectivity index (χ2n) is 4.94. The van der Waals surface area contributed by atoms with Crippen LogP contribution in [0, 0.1) is 18.6 Å². The molecule has 1 N–H and O–H groups in total. The molecule has 2 aromatic heterocycles. The molecule has 102 valence electrons. The number of H-pyrrole nitrogens is 1. The van der Waals surface area contributed by atoms with Crippen molar-refractivity contribution in [3.63, 3.8) is 0 Å². The fourth-order valence-electron chi connectivity index (χ4n) is 2.62. The van der Waals surface area contributed by atoms with Crippen LogP contribution in [-0.4, -0.2) is 21.1 Å². The predicted octanol–water partition coefficient (Wildman–Crippen LogP) is 3.81. The van der Waals surface area contributed by atoms with E-state index in [1.807, 2.05) is 23.3 Å². The standard InChI is InChI=1S/C13H16N2OS3/c1-7-8(2)19-11-10(7)12(16)15(13(17)14-11)9-3-5-18-6-4-9/h9H,3-6H2,1-2H3,(H,14,17). The molecule has 0 aromatic carbocycles. The maximum Gasteiger partial charge on any atom is 0.263 e. The predicted molar refractivity (Wildman–Crippen MR) is 86.3 cm³/mol. The average Bonchev–Trinajstić information content (AvgIpc) is 2.66. The molecule has 3 heterocycles. The highest BCUT2D eigenvalue weighted by molar-refractivity contribution is 7.99. The highest BCUT2D eigenvalue weighted by Gasteiger charge is 2.20. The summed E-state index contributed by atoms with van der Waals surface area (Å²) >= 11 is 8.99. The molecule has 0 spiro atoms. The molecule has 6 heteroatoms. The number of fused-ring (bicyclic) bond motifs is 1. The Morgan fingerprint density at radius 3 is 2.68 bits per heavy atom. The molecule has 0 bridgehead atoms. The van der Waals surface area contributed by atoms with Gasteiger partial charge in [-0.15, -0.1) is 11.3 Å². The van der Waals surface area contributed by atoms with Crippen LogP contribution in [0.15, 0.2) is 4.79 Å². The summed E-state index contributed by atoms with van der Waals surface area (Å²) in [6, 6.07) is 0.265. The monoisotopic (exact) mass is 312 g/mol. The second-order valence-corrected chi connectivity index (χ2v) is 7.77. The van der Waals surface area contributed by atoms with E-state index in [-0.39, 0.29) is 11.6 Å². The van der Waals surface area contributed by atoms with Gasteiger partial charge in [0.1, 0.15) is 4.83 Å². The van der Waals surface area contributed by atoms with Crippen molar-refractivity contribution in [1.29, 1.82) is 0 Å². The van der Waals surface area contributed by atoms with Crippen LogP contribution in [0.5, 0.6) is 0 Å². The summed E-state index contributed by atoms with van der Waals surface area (Å²) in [6.45, 7) is 4.07. The minimum absolute atomic E-state index is 0.0949. The van der Waals surface area contributed by atoms with E-state index < -0.39 is 0 Å². The molecule has 1 aliphatic heterocycles. The van der Waals surface area contributed by atoms with Gasteiger partial charge in [-0.1, -0.05) is 0 Å². The number of nitrogens with zero attached hydrogens (tertiary/aromatic N) is 1. The Balaban J connectivity index is 2.27. The summed E-state index contributed by atoms with van der Waals surface area (Å²) in [5.41, 5.74) is 1.19. The Morgan fingerprint density at radius 2 is 2.00 bits per heavy atom. The molecule has 19 heavy (non-hydrogen) atoms. The first-order valence-electron chi connectivity index (χ1n) is 6.42. The zero-order chi connectivity index (χ0) is 13.6. The van der Waals surface area contributed by atoms with Crippen molar-refractivity contribution in [3.05, 3.63) is 25.6 Å². The molecule has 1 saturated heterocycles. The molecule has 0 atom stereocenters. The topological polar surface area (TPSA) is 37.8 Å². The zero-order valence-corrected chi connectivity index (χ0v) is 13.4. The van der Waals surface area contributed by atoms with E-state index >= 15 is 0 Å². The number of aromatic nitrogens is 2. The van der Waals surface area contributed by atoms with Crippen molar-refractivity contribution in [3.8, 4) is 0 Å². The molecular formula is C13H16N2OS3. The highest BCUT2D eigenvalue weighted by atomic mass is 32.2. The third kappa shape index (κ3) is 2.19. The van der Waals surface area contributed by atoms with Crippen molar-refractivity contribution in [1.82, 2.24) is 9.55 Å². The molecule has 2 aromatic rings. The van der Waals surface area contributed by atoms with Crippen molar-refractivity contribution in [2.45, 2.75) is 32.7 Å². The first-order valence-corrected chi connectivity index (χ1v) is 8.80. The Bertz CT molecular complexity index is 735. The van der Waals surface area contributed by atoms with Crippen LogP contribution in [0.25, 0.3) is 10.2 Å². The number of rotatable bonds is 1. The number of aryl methyl sites for hydroxylation is 2. The zero-order valence-electron chi connectivity index (χ0n) is 11.0. The lowest BCUT2D eigenvalue weighted by molar-refractivity contribution is 0.449. The van der Waals surface area contributed by atoms with Gasteiger partial charge in [0.25, 0.3) is 5.56 Å². The molecule has 0 unspecified atom stereocenters. The van der Waals surface area contributed by atoms with Gasteiger partial charge in [-0.3, -0.25) is 9.36 Å². The fraction of sp³-hybridized carbons (Fsp3) is 0.538. The Kier molecular flexibility index (Phi) is 3.57. The first-order chi connectivity index (χ1) is 9.09. The summed E-state index contributed by atoms with van der Waals surface area (Å²) in [5, 5.41) is 0.828. The Hall–Kier alpha value is -0.590. The number of hydrogen-bond donors (Lipinski definition) is 1. The molecule has 3 nitrogen and oxygen atoms in total. The fourth-order valence-corrected chi connectivity index (χ4v) is 5.15. The molecule has 0 saturated carbocycles. The van der Waals surface area contributed by atoms with Gasteiger partial charge in [0.05, 0.1) is 5.39 Å². The van der Waals surface area contributed by atoms with Crippen LogP contribution < -0.4 is 5.56 Å². The van der Waals surface area contributed by atoms with Crippen LogP contribution in [0.1, 0.15) is 29.3 Å². The summed E-state index contributed by atoms with van der Waals surface area (Å²) in [7, 11) is 0. The van der Waals surface area contributed by atoms with Crippen LogP contribution in [-0.2, 0) is 0 Å². The van der Waals surface area contributed by atoms with Crippen molar-refractivity contribution in [2.24, 2.45) is 0 Å². The lowest BCUT2D eigenvalue weighted by atomic mass is 10.1. The van der Waals surface area contributed by atoms with Gasteiger partial charge in [-0.05, 0) is 56.0 Å². The van der Waals surface area contributed by atoms with Gasteiger partial charge in [0, 0.05) is 10.9 Å². The van der Waals surface area contributed by atoms with Crippen molar-refractivity contribution in [2.75, 3.05) is 11.5 Å². The third-order valence-electron chi connectivity index (χ3n) is 3.81. The molecule has 1 fully saturated rings. The lowest BCUT2D eigenvalue weighted by Gasteiger charge is -2.23. The van der Waals surface area contributed by atoms with Crippen LogP contribution in [0.3, 0.4) is 0 Å². The number of thioether (sulfide) groups is 1. The quantitative estimate of drug-likeness (QED) is 0.814. The van der Waals surface area contributed by atoms with Crippen LogP contribution in [0.2, 0.25) is 0 Å². The van der Waals surface area contributed by atoms with Crippen LogP contribution in [0.4, 0.5) is 0 Å². The minimum atomic E-state index is 0.0949. The van der Waals surface area contributed by atoms with Gasteiger partial charge in [0.15, 0.2) is 4.77 Å². The SMILES string of the molecule is Cc1sc2[nH]c(=S)n(C3CCSCC3)c(=O)c2c1C. The molecule has 0 aliphatic carbocycles. The van der Waals surface area contributed by atoms with Gasteiger partial charge < -0.3 is 4.98 Å². The number of hydrogen-bond acceptors (Lipinski definition) is 4. The number of thiophene rings is 1. The third-order valence-corrected chi connectivity index (χ3v) is 6.28. The van der Waals surface area contributed by atoms with E-state index in [9.17, 15) is 4.79 Å².